The summed E-state index contributed by atoms with van der Waals surface area (Å²) in [6, 6.07) is 6.34. The molecule has 124 valence electrons. The van der Waals surface area contributed by atoms with E-state index in [-0.39, 0.29) is 5.43 Å². The zero-order valence-corrected chi connectivity index (χ0v) is 14.5. The van der Waals surface area contributed by atoms with Crippen LogP contribution in [0, 0.1) is 6.92 Å². The number of piperidine rings is 1. The summed E-state index contributed by atoms with van der Waals surface area (Å²) in [5.41, 5.74) is 4.53. The number of nitrogens with one attached hydrogen (secondary N) is 2. The van der Waals surface area contributed by atoms with Crippen LogP contribution in [0.4, 0.5) is 0 Å². The van der Waals surface area contributed by atoms with E-state index in [9.17, 15) is 4.79 Å². The van der Waals surface area contributed by atoms with E-state index in [0.717, 1.165) is 35.1 Å². The molecule has 3 nitrogen and oxygen atoms in total. The van der Waals surface area contributed by atoms with Crippen molar-refractivity contribution >= 4 is 10.9 Å². The SMILES string of the molecule is CCCCc1ccc2[nH]c(C)c(C[NH+]3CCCCC3)c(=O)c2c1. The Kier molecular flexibility index (Phi) is 5.16. The lowest BCUT2D eigenvalue weighted by Crippen LogP contribution is -3.11. The minimum atomic E-state index is 0.243. The largest absolute Gasteiger partial charge is 0.358 e. The number of aromatic nitrogens is 1. The lowest BCUT2D eigenvalue weighted by atomic mass is 10.0. The molecule has 0 aliphatic carbocycles. The van der Waals surface area contributed by atoms with Gasteiger partial charge in [-0.05, 0) is 56.7 Å². The Labute approximate surface area is 138 Å². The number of hydrogen-bond acceptors (Lipinski definition) is 1. The number of likely N-dealkylation sites (tertiary alicyclic amines) is 1. The molecular formula is C20H29N2O+. The van der Waals surface area contributed by atoms with Crippen molar-refractivity contribution in [3.8, 4) is 0 Å². The molecule has 1 saturated heterocycles. The number of fused-ring (bicyclic) bond motifs is 1. The Morgan fingerprint density at radius 2 is 1.96 bits per heavy atom. The minimum Gasteiger partial charge on any atom is -0.358 e. The summed E-state index contributed by atoms with van der Waals surface area (Å²) in [7, 11) is 0. The Balaban J connectivity index is 1.95. The minimum absolute atomic E-state index is 0.243. The van der Waals surface area contributed by atoms with Gasteiger partial charge in [0.25, 0.3) is 0 Å². The van der Waals surface area contributed by atoms with Gasteiger partial charge >= 0.3 is 0 Å². The zero-order valence-electron chi connectivity index (χ0n) is 14.5. The number of rotatable bonds is 5. The monoisotopic (exact) mass is 313 g/mol. The second-order valence-corrected chi connectivity index (χ2v) is 7.03. The third-order valence-corrected chi connectivity index (χ3v) is 5.18. The number of benzene rings is 1. The molecule has 0 unspecified atom stereocenters. The molecule has 1 fully saturated rings. The smallest absolute Gasteiger partial charge is 0.198 e. The van der Waals surface area contributed by atoms with E-state index in [2.05, 4.69) is 30.1 Å². The van der Waals surface area contributed by atoms with Crippen molar-refractivity contribution in [1.29, 1.82) is 0 Å². The molecule has 1 aliphatic rings. The first-order valence-corrected chi connectivity index (χ1v) is 9.17. The van der Waals surface area contributed by atoms with Gasteiger partial charge in [0.2, 0.25) is 0 Å². The fourth-order valence-corrected chi connectivity index (χ4v) is 3.73. The van der Waals surface area contributed by atoms with Gasteiger partial charge in [-0.3, -0.25) is 4.79 Å². The molecule has 3 heteroatoms. The summed E-state index contributed by atoms with van der Waals surface area (Å²) in [4.78, 5) is 18.0. The molecule has 2 heterocycles. The van der Waals surface area contributed by atoms with Crippen LogP contribution >= 0.6 is 0 Å². The first-order valence-electron chi connectivity index (χ1n) is 9.17. The van der Waals surface area contributed by atoms with Crippen molar-refractivity contribution in [2.45, 2.75) is 58.9 Å². The summed E-state index contributed by atoms with van der Waals surface area (Å²) >= 11 is 0. The number of H-pyrrole nitrogens is 1. The maximum absolute atomic E-state index is 13.0. The van der Waals surface area contributed by atoms with Crippen LogP contribution in [0.5, 0.6) is 0 Å². The summed E-state index contributed by atoms with van der Waals surface area (Å²) in [5.74, 6) is 0. The van der Waals surface area contributed by atoms with Crippen molar-refractivity contribution in [2.75, 3.05) is 13.1 Å². The second kappa shape index (κ2) is 7.31. The number of hydrogen-bond donors (Lipinski definition) is 2. The Morgan fingerprint density at radius 3 is 2.70 bits per heavy atom. The summed E-state index contributed by atoms with van der Waals surface area (Å²) in [6.07, 6.45) is 7.36. The van der Waals surface area contributed by atoms with Gasteiger partial charge < -0.3 is 9.88 Å². The van der Waals surface area contributed by atoms with Crippen LogP contribution < -0.4 is 10.3 Å². The molecular weight excluding hydrogens is 284 g/mol. The predicted octanol–water partition coefficient (Wildman–Crippen LogP) is 2.75. The van der Waals surface area contributed by atoms with Crippen LogP contribution in [0.1, 0.15) is 55.8 Å². The van der Waals surface area contributed by atoms with E-state index < -0.39 is 0 Å². The van der Waals surface area contributed by atoms with Crippen molar-refractivity contribution in [2.24, 2.45) is 0 Å². The summed E-state index contributed by atoms with van der Waals surface area (Å²) < 4.78 is 0. The van der Waals surface area contributed by atoms with Gasteiger partial charge in [-0.25, -0.2) is 0 Å². The van der Waals surface area contributed by atoms with Gasteiger partial charge in [0.1, 0.15) is 6.54 Å². The number of pyridine rings is 1. The van der Waals surface area contributed by atoms with Gasteiger partial charge in [-0.1, -0.05) is 19.4 Å². The fraction of sp³-hybridized carbons (Fsp3) is 0.550. The molecule has 0 saturated carbocycles. The Hall–Kier alpha value is -1.61. The van der Waals surface area contributed by atoms with Gasteiger partial charge in [-0.15, -0.1) is 0 Å². The lowest BCUT2D eigenvalue weighted by Gasteiger charge is -2.24. The van der Waals surface area contributed by atoms with Crippen molar-refractivity contribution < 1.29 is 4.90 Å². The topological polar surface area (TPSA) is 37.3 Å². The maximum atomic E-state index is 13.0. The Bertz CT molecular complexity index is 726. The van der Waals surface area contributed by atoms with Crippen LogP contribution in [-0.4, -0.2) is 18.1 Å². The molecule has 1 aromatic heterocycles. The molecule has 0 radical (unpaired) electrons. The van der Waals surface area contributed by atoms with Gasteiger partial charge in [0.15, 0.2) is 5.43 Å². The average molecular weight is 313 g/mol. The van der Waals surface area contributed by atoms with E-state index in [1.54, 1.807) is 4.90 Å². The van der Waals surface area contributed by atoms with Crippen LogP contribution in [0.25, 0.3) is 10.9 Å². The summed E-state index contributed by atoms with van der Waals surface area (Å²) in [5, 5.41) is 0.871. The second-order valence-electron chi connectivity index (χ2n) is 7.03. The van der Waals surface area contributed by atoms with Crippen LogP contribution in [0.2, 0.25) is 0 Å². The third-order valence-electron chi connectivity index (χ3n) is 5.18. The average Bonchev–Trinajstić information content (AvgIpc) is 2.58. The number of aryl methyl sites for hydroxylation is 2. The lowest BCUT2D eigenvalue weighted by molar-refractivity contribution is -0.918. The summed E-state index contributed by atoms with van der Waals surface area (Å²) in [6.45, 7) is 7.53. The molecule has 1 aromatic carbocycles. The highest BCUT2D eigenvalue weighted by Crippen LogP contribution is 2.15. The first-order chi connectivity index (χ1) is 11.2. The molecule has 2 N–H and O–H groups in total. The van der Waals surface area contributed by atoms with Crippen LogP contribution in [-0.2, 0) is 13.0 Å². The van der Waals surface area contributed by atoms with Crippen LogP contribution in [0.15, 0.2) is 23.0 Å². The number of quaternary nitrogens is 1. The van der Waals surface area contributed by atoms with Crippen molar-refractivity contribution in [3.63, 3.8) is 0 Å². The van der Waals surface area contributed by atoms with Gasteiger partial charge in [-0.2, -0.15) is 0 Å². The molecule has 3 rings (SSSR count). The molecule has 2 aromatic rings. The Morgan fingerprint density at radius 1 is 1.17 bits per heavy atom. The molecule has 0 atom stereocenters. The first kappa shape index (κ1) is 16.3. The van der Waals surface area contributed by atoms with Crippen molar-refractivity contribution in [3.05, 3.63) is 45.2 Å². The quantitative estimate of drug-likeness (QED) is 0.875. The normalized spacial score (nSPS) is 16.1. The van der Waals surface area contributed by atoms with Gasteiger partial charge in [0.05, 0.1) is 18.7 Å². The molecule has 1 aliphatic heterocycles. The van der Waals surface area contributed by atoms with Crippen LogP contribution in [0.3, 0.4) is 0 Å². The molecule has 0 amide bonds. The van der Waals surface area contributed by atoms with E-state index in [1.807, 2.05) is 6.92 Å². The fourth-order valence-electron chi connectivity index (χ4n) is 3.73. The number of aromatic amines is 1. The van der Waals surface area contributed by atoms with E-state index >= 15 is 0 Å². The standard InChI is InChI=1S/C20H28N2O/c1-3-4-8-16-9-10-19-17(13-16)20(23)18(15(2)21-19)14-22-11-6-5-7-12-22/h9-10,13H,3-8,11-12,14H2,1-2H3,(H,21,23)/p+1. The molecule has 0 spiro atoms. The van der Waals surface area contributed by atoms with E-state index in [0.29, 0.717) is 0 Å². The van der Waals surface area contributed by atoms with Crippen molar-refractivity contribution in [1.82, 2.24) is 4.98 Å². The third kappa shape index (κ3) is 3.66. The number of unbranched alkanes of at least 4 members (excludes halogenated alkanes) is 1. The van der Waals surface area contributed by atoms with E-state index in [4.69, 9.17) is 0 Å². The molecule has 23 heavy (non-hydrogen) atoms. The zero-order chi connectivity index (χ0) is 16.2. The highest BCUT2D eigenvalue weighted by molar-refractivity contribution is 5.80. The molecule has 0 bridgehead atoms. The van der Waals surface area contributed by atoms with E-state index in [1.165, 1.54) is 50.8 Å². The van der Waals surface area contributed by atoms with Gasteiger partial charge in [0, 0.05) is 16.6 Å². The predicted molar refractivity (Wildman–Crippen MR) is 96.2 cm³/mol. The highest BCUT2D eigenvalue weighted by Gasteiger charge is 2.18. The highest BCUT2D eigenvalue weighted by atomic mass is 16.1. The maximum Gasteiger partial charge on any atom is 0.198 e.